The van der Waals surface area contributed by atoms with Crippen molar-refractivity contribution in [1.29, 1.82) is 0 Å². The first-order valence-electron chi connectivity index (χ1n) is 9.74. The van der Waals surface area contributed by atoms with Gasteiger partial charge in [0.2, 0.25) is 12.2 Å². The van der Waals surface area contributed by atoms with Crippen LogP contribution in [-0.4, -0.2) is 43.6 Å². The third kappa shape index (κ3) is 4.83. The molecule has 1 atom stereocenters. The third-order valence-electron chi connectivity index (χ3n) is 5.31. The second-order valence-corrected chi connectivity index (χ2v) is 9.99. The highest BCUT2D eigenvalue weighted by Crippen LogP contribution is 2.35. The van der Waals surface area contributed by atoms with Crippen LogP contribution in [0.1, 0.15) is 53.8 Å². The number of hydrogen-bond acceptors (Lipinski definition) is 8. The topological polar surface area (TPSA) is 95.0 Å². The van der Waals surface area contributed by atoms with Crippen LogP contribution in [0.4, 0.5) is 0 Å². The van der Waals surface area contributed by atoms with Crippen LogP contribution in [0.25, 0.3) is 0 Å². The van der Waals surface area contributed by atoms with Crippen LogP contribution >= 0.6 is 11.3 Å². The van der Waals surface area contributed by atoms with E-state index in [1.165, 1.54) is 0 Å². The third-order valence-corrected chi connectivity index (χ3v) is 6.82. The minimum absolute atomic E-state index is 0.118. The van der Waals surface area contributed by atoms with Crippen molar-refractivity contribution < 1.29 is 26.9 Å². The fourth-order valence-corrected chi connectivity index (χ4v) is 5.21. The largest absolute Gasteiger partial charge is 0.382 e. The van der Waals surface area contributed by atoms with Crippen molar-refractivity contribution in [2.45, 2.75) is 45.2 Å². The first-order chi connectivity index (χ1) is 14.3. The van der Waals surface area contributed by atoms with Crippen molar-refractivity contribution in [2.24, 2.45) is 0 Å². The molecule has 0 aliphatic carbocycles. The van der Waals surface area contributed by atoms with E-state index in [9.17, 15) is 13.2 Å². The Hall–Kier alpha value is -2.01. The number of likely N-dealkylation sites (tertiary alicyclic amines) is 1. The van der Waals surface area contributed by atoms with Crippen LogP contribution in [0, 0.1) is 0 Å². The average molecular weight is 453 g/mol. The molecule has 2 aliphatic heterocycles. The number of fused-ring (bicyclic) bond motifs is 1. The van der Waals surface area contributed by atoms with Gasteiger partial charge in [-0.05, 0) is 24.5 Å². The summed E-state index contributed by atoms with van der Waals surface area (Å²) in [7, 11) is -3.64. The molecule has 1 aromatic carbocycles. The summed E-state index contributed by atoms with van der Waals surface area (Å²) in [6.07, 6.45) is 2.18. The molecule has 1 aromatic heterocycles. The molecule has 0 saturated carbocycles. The number of benzene rings is 1. The van der Waals surface area contributed by atoms with Gasteiger partial charge in [0.25, 0.3) is 0 Å². The lowest BCUT2D eigenvalue weighted by Gasteiger charge is -2.30. The van der Waals surface area contributed by atoms with Gasteiger partial charge in [0.1, 0.15) is 11.4 Å². The van der Waals surface area contributed by atoms with Crippen LogP contribution < -0.4 is 4.18 Å². The molecular weight excluding hydrogens is 428 g/mol. The maximum absolute atomic E-state index is 11.5. The van der Waals surface area contributed by atoms with E-state index in [1.54, 1.807) is 30.4 Å². The molecule has 3 heterocycles. The summed E-state index contributed by atoms with van der Waals surface area (Å²) in [5.74, 6) is 0.708. The number of piperidine rings is 1. The Morgan fingerprint density at radius 1 is 1.23 bits per heavy atom. The Morgan fingerprint density at radius 3 is 2.67 bits per heavy atom. The molecule has 1 saturated heterocycles. The van der Waals surface area contributed by atoms with Gasteiger partial charge in [0.05, 0.1) is 24.5 Å². The van der Waals surface area contributed by atoms with Gasteiger partial charge in [-0.3, -0.25) is 4.79 Å². The van der Waals surface area contributed by atoms with E-state index in [4.69, 9.17) is 18.6 Å². The van der Waals surface area contributed by atoms with E-state index in [-0.39, 0.29) is 24.9 Å². The van der Waals surface area contributed by atoms with Gasteiger partial charge in [-0.1, -0.05) is 12.1 Å². The fraction of sp³-hybridized carbons (Fsp3) is 0.500. The zero-order chi connectivity index (χ0) is 21.3. The summed E-state index contributed by atoms with van der Waals surface area (Å²) >= 11 is 1.58. The highest BCUT2D eigenvalue weighted by atomic mass is 32.2. The molecule has 30 heavy (non-hydrogen) atoms. The van der Waals surface area contributed by atoms with E-state index in [1.807, 2.05) is 16.3 Å². The van der Waals surface area contributed by atoms with Gasteiger partial charge in [0, 0.05) is 36.9 Å². The number of carbonyl (C=O) groups is 1. The molecule has 0 N–H and O–H groups in total. The van der Waals surface area contributed by atoms with Gasteiger partial charge in [-0.2, -0.15) is 8.42 Å². The lowest BCUT2D eigenvalue weighted by molar-refractivity contribution is -0.155. The lowest BCUT2D eigenvalue weighted by atomic mass is 9.97. The van der Waals surface area contributed by atoms with Crippen molar-refractivity contribution in [1.82, 2.24) is 9.88 Å². The molecule has 2 aliphatic rings. The predicted octanol–water partition coefficient (Wildman–Crippen LogP) is 2.95. The van der Waals surface area contributed by atoms with Gasteiger partial charge >= 0.3 is 10.1 Å². The number of ether oxygens (including phenoxy) is 2. The van der Waals surface area contributed by atoms with E-state index in [0.717, 1.165) is 42.8 Å². The normalized spacial score (nSPS) is 20.5. The monoisotopic (exact) mass is 452 g/mol. The van der Waals surface area contributed by atoms with Gasteiger partial charge in [-0.15, -0.1) is 11.3 Å². The van der Waals surface area contributed by atoms with Crippen LogP contribution in [0.2, 0.25) is 0 Å². The molecule has 162 valence electrons. The van der Waals surface area contributed by atoms with E-state index in [0.29, 0.717) is 17.2 Å². The number of carbonyl (C=O) groups excluding carboxylic acids is 1. The predicted molar refractivity (Wildman–Crippen MR) is 111 cm³/mol. The fourth-order valence-electron chi connectivity index (χ4n) is 3.73. The van der Waals surface area contributed by atoms with Crippen molar-refractivity contribution in [3.05, 3.63) is 45.4 Å². The summed E-state index contributed by atoms with van der Waals surface area (Å²) in [5, 5.41) is 2.98. The smallest absolute Gasteiger partial charge is 0.306 e. The Labute approximate surface area is 179 Å². The molecule has 1 amide bonds. The van der Waals surface area contributed by atoms with Crippen LogP contribution in [0.5, 0.6) is 5.75 Å². The summed E-state index contributed by atoms with van der Waals surface area (Å²) in [6.45, 7) is 3.54. The first-order valence-corrected chi connectivity index (χ1v) is 12.4. The van der Waals surface area contributed by atoms with Crippen LogP contribution in [0.3, 0.4) is 0 Å². The van der Waals surface area contributed by atoms with Crippen molar-refractivity contribution in [3.8, 4) is 5.75 Å². The Morgan fingerprint density at radius 2 is 1.97 bits per heavy atom. The quantitative estimate of drug-likeness (QED) is 0.658. The minimum Gasteiger partial charge on any atom is -0.382 e. The summed E-state index contributed by atoms with van der Waals surface area (Å²) in [6, 6.07) is 5.21. The Kier molecular flexibility index (Phi) is 6.10. The average Bonchev–Trinajstić information content (AvgIpc) is 3.08. The summed E-state index contributed by atoms with van der Waals surface area (Å²) in [5.41, 5.74) is 2.20. The molecule has 0 radical (unpaired) electrons. The number of amides is 1. The summed E-state index contributed by atoms with van der Waals surface area (Å²) < 4.78 is 40.0. The maximum Gasteiger partial charge on any atom is 0.306 e. The van der Waals surface area contributed by atoms with E-state index < -0.39 is 16.4 Å². The van der Waals surface area contributed by atoms with Crippen molar-refractivity contribution in [2.75, 3.05) is 19.3 Å². The number of rotatable bonds is 4. The first kappa shape index (κ1) is 21.2. The van der Waals surface area contributed by atoms with Gasteiger partial charge < -0.3 is 18.6 Å². The molecular formula is C20H24N2O6S2. The highest BCUT2D eigenvalue weighted by Gasteiger charge is 2.27. The SMILES string of the molecule is CC(=O)N1CCC(c2nc(C3OCc4cccc(OS(C)(=O)=O)c4CO3)cs2)CC1. The number of hydrogen-bond donors (Lipinski definition) is 0. The van der Waals surface area contributed by atoms with Crippen LogP contribution in [0.15, 0.2) is 23.6 Å². The van der Waals surface area contributed by atoms with E-state index >= 15 is 0 Å². The molecule has 1 fully saturated rings. The number of thiazole rings is 1. The second kappa shape index (κ2) is 8.62. The molecule has 4 rings (SSSR count). The Balaban J connectivity index is 1.45. The molecule has 8 nitrogen and oxygen atoms in total. The van der Waals surface area contributed by atoms with E-state index in [2.05, 4.69) is 0 Å². The molecule has 1 unspecified atom stereocenters. The number of nitrogens with zero attached hydrogens (tertiary/aromatic N) is 2. The van der Waals surface area contributed by atoms with Gasteiger partial charge in [-0.25, -0.2) is 4.98 Å². The maximum atomic E-state index is 11.5. The zero-order valence-electron chi connectivity index (χ0n) is 16.9. The van der Waals surface area contributed by atoms with Crippen molar-refractivity contribution >= 4 is 27.4 Å². The molecule has 10 heteroatoms. The standard InChI is InChI=1S/C20H24N2O6S2/c1-13(23)22-8-6-14(7-9-22)19-21-17(12-29-19)20-26-10-15-4-3-5-18(16(15)11-27-20)28-30(2,24)25/h3-5,12,14,20H,6-11H2,1-2H3. The Bertz CT molecular complexity index is 1030. The number of aromatic nitrogens is 1. The zero-order valence-corrected chi connectivity index (χ0v) is 18.5. The summed E-state index contributed by atoms with van der Waals surface area (Å²) in [4.78, 5) is 18.1. The molecule has 0 bridgehead atoms. The highest BCUT2D eigenvalue weighted by molar-refractivity contribution is 7.86. The lowest BCUT2D eigenvalue weighted by Crippen LogP contribution is -2.36. The van der Waals surface area contributed by atoms with Crippen LogP contribution in [-0.2, 0) is 37.6 Å². The van der Waals surface area contributed by atoms with Crippen molar-refractivity contribution in [3.63, 3.8) is 0 Å². The molecule has 0 spiro atoms. The second-order valence-electron chi connectivity index (χ2n) is 7.53. The minimum atomic E-state index is -3.64. The molecule has 2 aromatic rings. The van der Waals surface area contributed by atoms with Gasteiger partial charge in [0.15, 0.2) is 0 Å².